The third-order valence-corrected chi connectivity index (χ3v) is 3.26. The number of benzene rings is 1. The van der Waals surface area contributed by atoms with E-state index in [-0.39, 0.29) is 12.1 Å². The Kier molecular flexibility index (Phi) is 4.40. The van der Waals surface area contributed by atoms with Crippen LogP contribution in [0.1, 0.15) is 31.7 Å². The van der Waals surface area contributed by atoms with E-state index in [0.717, 1.165) is 31.6 Å². The average molecular weight is 235 g/mol. The molecule has 1 saturated carbocycles. The van der Waals surface area contributed by atoms with E-state index >= 15 is 0 Å². The Hall–Kier alpha value is -1.06. The van der Waals surface area contributed by atoms with Gasteiger partial charge in [0.05, 0.1) is 12.7 Å². The molecular formula is C14H21NO2. The minimum atomic E-state index is -0.176. The van der Waals surface area contributed by atoms with Gasteiger partial charge in [-0.25, -0.2) is 0 Å². The lowest BCUT2D eigenvalue weighted by Crippen LogP contribution is -2.35. The standard InChI is InChI=1S/C14H21NO2/c1-2-17-12-6-3-5-11(9-12)10-15-13-7-4-8-14(13)16/h3,5-6,9,13-16H,2,4,7-8,10H2,1H3/t13-,14+/m1/s1. The van der Waals surface area contributed by atoms with E-state index in [9.17, 15) is 5.11 Å². The molecule has 1 aromatic carbocycles. The predicted molar refractivity (Wildman–Crippen MR) is 68.1 cm³/mol. The maximum Gasteiger partial charge on any atom is 0.119 e. The molecule has 1 aromatic rings. The quantitative estimate of drug-likeness (QED) is 0.821. The number of hydrogen-bond donors (Lipinski definition) is 2. The van der Waals surface area contributed by atoms with Crippen molar-refractivity contribution < 1.29 is 9.84 Å². The van der Waals surface area contributed by atoms with Gasteiger partial charge in [0.15, 0.2) is 0 Å². The largest absolute Gasteiger partial charge is 0.494 e. The molecule has 3 heteroatoms. The zero-order valence-electron chi connectivity index (χ0n) is 10.4. The van der Waals surface area contributed by atoms with Crippen LogP contribution in [0.4, 0.5) is 0 Å². The Morgan fingerprint density at radius 2 is 2.29 bits per heavy atom. The Labute approximate surface area is 103 Å². The average Bonchev–Trinajstić information content (AvgIpc) is 2.73. The van der Waals surface area contributed by atoms with Crippen molar-refractivity contribution in [2.45, 2.75) is 44.9 Å². The van der Waals surface area contributed by atoms with Gasteiger partial charge in [0.2, 0.25) is 0 Å². The van der Waals surface area contributed by atoms with E-state index in [1.165, 1.54) is 5.56 Å². The molecule has 0 spiro atoms. The highest BCUT2D eigenvalue weighted by atomic mass is 16.5. The van der Waals surface area contributed by atoms with Crippen LogP contribution >= 0.6 is 0 Å². The van der Waals surface area contributed by atoms with Gasteiger partial charge in [0.1, 0.15) is 5.75 Å². The molecule has 0 aliphatic heterocycles. The summed E-state index contributed by atoms with van der Waals surface area (Å²) in [6, 6.07) is 8.37. The van der Waals surface area contributed by atoms with Crippen LogP contribution in [0.5, 0.6) is 5.75 Å². The summed E-state index contributed by atoms with van der Waals surface area (Å²) in [4.78, 5) is 0. The van der Waals surface area contributed by atoms with E-state index in [1.807, 2.05) is 19.1 Å². The van der Waals surface area contributed by atoms with Gasteiger partial charge in [-0.15, -0.1) is 0 Å². The van der Waals surface area contributed by atoms with Crippen molar-refractivity contribution in [3.63, 3.8) is 0 Å². The second kappa shape index (κ2) is 6.03. The minimum Gasteiger partial charge on any atom is -0.494 e. The van der Waals surface area contributed by atoms with E-state index < -0.39 is 0 Å². The first-order valence-corrected chi connectivity index (χ1v) is 6.43. The summed E-state index contributed by atoms with van der Waals surface area (Å²) in [5.41, 5.74) is 1.20. The Bertz CT molecular complexity index is 354. The van der Waals surface area contributed by atoms with Crippen LogP contribution in [0.2, 0.25) is 0 Å². The molecule has 2 rings (SSSR count). The van der Waals surface area contributed by atoms with E-state index in [2.05, 4.69) is 17.4 Å². The molecule has 94 valence electrons. The van der Waals surface area contributed by atoms with Crippen molar-refractivity contribution in [2.24, 2.45) is 0 Å². The van der Waals surface area contributed by atoms with E-state index in [0.29, 0.717) is 6.61 Å². The molecule has 0 radical (unpaired) electrons. The molecular weight excluding hydrogens is 214 g/mol. The van der Waals surface area contributed by atoms with Gasteiger partial charge in [-0.2, -0.15) is 0 Å². The summed E-state index contributed by atoms with van der Waals surface area (Å²) in [6.45, 7) is 3.47. The molecule has 0 saturated heterocycles. The van der Waals surface area contributed by atoms with Crippen molar-refractivity contribution in [3.05, 3.63) is 29.8 Å². The fraction of sp³-hybridized carbons (Fsp3) is 0.571. The zero-order valence-corrected chi connectivity index (χ0v) is 10.4. The maximum atomic E-state index is 9.72. The Morgan fingerprint density at radius 1 is 1.41 bits per heavy atom. The van der Waals surface area contributed by atoms with Gasteiger partial charge >= 0.3 is 0 Å². The first kappa shape index (κ1) is 12.4. The number of aliphatic hydroxyl groups excluding tert-OH is 1. The molecule has 2 atom stereocenters. The van der Waals surface area contributed by atoms with Crippen LogP contribution in [-0.2, 0) is 6.54 Å². The highest BCUT2D eigenvalue weighted by Crippen LogP contribution is 2.20. The highest BCUT2D eigenvalue weighted by molar-refractivity contribution is 5.28. The van der Waals surface area contributed by atoms with Crippen molar-refractivity contribution in [1.29, 1.82) is 0 Å². The maximum absolute atomic E-state index is 9.72. The number of aliphatic hydroxyl groups is 1. The Balaban J connectivity index is 1.87. The summed E-state index contributed by atoms with van der Waals surface area (Å²) in [5.74, 6) is 0.916. The van der Waals surface area contributed by atoms with Crippen LogP contribution < -0.4 is 10.1 Å². The van der Waals surface area contributed by atoms with Crippen LogP contribution in [-0.4, -0.2) is 23.9 Å². The molecule has 17 heavy (non-hydrogen) atoms. The van der Waals surface area contributed by atoms with Crippen LogP contribution in [0.25, 0.3) is 0 Å². The van der Waals surface area contributed by atoms with Gasteiger partial charge in [0, 0.05) is 12.6 Å². The third kappa shape index (κ3) is 3.45. The topological polar surface area (TPSA) is 41.5 Å². The summed E-state index contributed by atoms with van der Waals surface area (Å²) >= 11 is 0. The molecule has 0 heterocycles. The minimum absolute atomic E-state index is 0.176. The van der Waals surface area contributed by atoms with E-state index in [1.54, 1.807) is 0 Å². The highest BCUT2D eigenvalue weighted by Gasteiger charge is 2.24. The van der Waals surface area contributed by atoms with Gasteiger partial charge in [-0.3, -0.25) is 0 Å². The normalized spacial score (nSPS) is 23.9. The summed E-state index contributed by atoms with van der Waals surface area (Å²) in [5, 5.41) is 13.1. The van der Waals surface area contributed by atoms with Crippen molar-refractivity contribution in [1.82, 2.24) is 5.32 Å². The van der Waals surface area contributed by atoms with Crippen LogP contribution in [0, 0.1) is 0 Å². The Morgan fingerprint density at radius 3 is 3.00 bits per heavy atom. The second-order valence-corrected chi connectivity index (χ2v) is 4.57. The molecule has 2 N–H and O–H groups in total. The van der Waals surface area contributed by atoms with Crippen molar-refractivity contribution >= 4 is 0 Å². The van der Waals surface area contributed by atoms with Crippen molar-refractivity contribution in [2.75, 3.05) is 6.61 Å². The lowest BCUT2D eigenvalue weighted by molar-refractivity contribution is 0.148. The molecule has 0 unspecified atom stereocenters. The van der Waals surface area contributed by atoms with E-state index in [4.69, 9.17) is 4.74 Å². The molecule has 1 aliphatic carbocycles. The molecule has 1 aliphatic rings. The summed E-state index contributed by atoms with van der Waals surface area (Å²) < 4.78 is 5.46. The first-order chi connectivity index (χ1) is 8.29. The van der Waals surface area contributed by atoms with Gasteiger partial charge < -0.3 is 15.2 Å². The molecule has 3 nitrogen and oxygen atoms in total. The zero-order chi connectivity index (χ0) is 12.1. The predicted octanol–water partition coefficient (Wildman–Crippen LogP) is 2.09. The summed E-state index contributed by atoms with van der Waals surface area (Å²) in [6.07, 6.45) is 2.95. The fourth-order valence-electron chi connectivity index (χ4n) is 2.34. The van der Waals surface area contributed by atoms with Crippen LogP contribution in [0.3, 0.4) is 0 Å². The van der Waals surface area contributed by atoms with Crippen LogP contribution in [0.15, 0.2) is 24.3 Å². The number of rotatable bonds is 5. The third-order valence-electron chi connectivity index (χ3n) is 3.26. The van der Waals surface area contributed by atoms with Gasteiger partial charge in [-0.05, 0) is 43.9 Å². The number of ether oxygens (including phenoxy) is 1. The molecule has 1 fully saturated rings. The number of hydrogen-bond acceptors (Lipinski definition) is 3. The van der Waals surface area contributed by atoms with Crippen molar-refractivity contribution in [3.8, 4) is 5.75 Å². The lowest BCUT2D eigenvalue weighted by atomic mass is 10.1. The van der Waals surface area contributed by atoms with Gasteiger partial charge in [-0.1, -0.05) is 12.1 Å². The second-order valence-electron chi connectivity index (χ2n) is 4.57. The molecule has 0 aromatic heterocycles. The summed E-state index contributed by atoms with van der Waals surface area (Å²) in [7, 11) is 0. The lowest BCUT2D eigenvalue weighted by Gasteiger charge is -2.16. The van der Waals surface area contributed by atoms with Gasteiger partial charge in [0.25, 0.3) is 0 Å². The monoisotopic (exact) mass is 235 g/mol. The first-order valence-electron chi connectivity index (χ1n) is 6.43. The fourth-order valence-corrected chi connectivity index (χ4v) is 2.34. The molecule has 0 bridgehead atoms. The SMILES string of the molecule is CCOc1cccc(CN[C@@H]2CCC[C@@H]2O)c1. The molecule has 0 amide bonds. The smallest absolute Gasteiger partial charge is 0.119 e. The number of nitrogens with one attached hydrogen (secondary N) is 1.